The maximum atomic E-state index is 5.43. The monoisotopic (exact) mass is 324 g/mol. The molecule has 2 rings (SSSR count). The number of ether oxygens (including phenoxy) is 1. The van der Waals surface area contributed by atoms with Crippen molar-refractivity contribution in [3.05, 3.63) is 0 Å². The maximum absolute atomic E-state index is 5.43. The van der Waals surface area contributed by atoms with E-state index in [0.717, 1.165) is 63.7 Å². The van der Waals surface area contributed by atoms with Crippen LogP contribution in [0.5, 0.6) is 0 Å². The molecule has 0 aromatic heterocycles. The predicted octanol–water partition coefficient (Wildman–Crippen LogP) is 2.09. The molecule has 23 heavy (non-hydrogen) atoms. The Kier molecular flexibility index (Phi) is 8.17. The summed E-state index contributed by atoms with van der Waals surface area (Å²) in [5.41, 5.74) is 0. The number of rotatable bonds is 6. The fourth-order valence-corrected chi connectivity index (χ4v) is 3.62. The minimum atomic E-state index is 0.475. The second-order valence-electron chi connectivity index (χ2n) is 7.12. The van der Waals surface area contributed by atoms with Crippen LogP contribution in [0.4, 0.5) is 0 Å². The lowest BCUT2D eigenvalue weighted by molar-refractivity contribution is 0.0220. The van der Waals surface area contributed by atoms with Gasteiger partial charge in [-0.25, -0.2) is 0 Å². The summed E-state index contributed by atoms with van der Waals surface area (Å²) in [4.78, 5) is 7.28. The Hall–Kier alpha value is -0.810. The van der Waals surface area contributed by atoms with E-state index in [1.54, 1.807) is 0 Å². The van der Waals surface area contributed by atoms with Gasteiger partial charge in [-0.2, -0.15) is 0 Å². The number of nitrogens with one attached hydrogen (secondary N) is 2. The van der Waals surface area contributed by atoms with E-state index in [9.17, 15) is 0 Å². The zero-order valence-corrected chi connectivity index (χ0v) is 15.3. The summed E-state index contributed by atoms with van der Waals surface area (Å²) in [7, 11) is 0. The van der Waals surface area contributed by atoms with Crippen molar-refractivity contribution in [3.8, 4) is 0 Å². The Labute approximate surface area is 142 Å². The highest BCUT2D eigenvalue weighted by Crippen LogP contribution is 2.28. The van der Waals surface area contributed by atoms with E-state index in [1.807, 2.05) is 0 Å². The zero-order valence-electron chi connectivity index (χ0n) is 15.3. The molecule has 2 aliphatic rings. The average molecular weight is 325 g/mol. The molecule has 2 fully saturated rings. The van der Waals surface area contributed by atoms with Gasteiger partial charge in [0.15, 0.2) is 5.96 Å². The number of guanidine groups is 1. The third-order valence-electron chi connectivity index (χ3n) is 5.35. The molecule has 1 saturated heterocycles. The summed E-state index contributed by atoms with van der Waals surface area (Å²) in [6, 6.07) is 0.475. The van der Waals surface area contributed by atoms with Crippen LogP contribution in [0.25, 0.3) is 0 Å². The van der Waals surface area contributed by atoms with Crippen molar-refractivity contribution in [2.75, 3.05) is 45.9 Å². The quantitative estimate of drug-likeness (QED) is 0.580. The SMILES string of the molecule is CCNC(=NCC(C)N1CCOCC1)NCC1CCCCC1C. The van der Waals surface area contributed by atoms with Gasteiger partial charge in [-0.1, -0.05) is 26.2 Å². The molecule has 1 aliphatic heterocycles. The molecular formula is C18H36N4O. The van der Waals surface area contributed by atoms with Gasteiger partial charge >= 0.3 is 0 Å². The molecule has 1 aliphatic carbocycles. The Balaban J connectivity index is 1.78. The van der Waals surface area contributed by atoms with Gasteiger partial charge in [-0.15, -0.1) is 0 Å². The second-order valence-corrected chi connectivity index (χ2v) is 7.12. The van der Waals surface area contributed by atoms with Crippen molar-refractivity contribution >= 4 is 5.96 Å². The second kappa shape index (κ2) is 10.1. The first-order valence-electron chi connectivity index (χ1n) is 9.54. The van der Waals surface area contributed by atoms with Crippen molar-refractivity contribution in [1.29, 1.82) is 0 Å². The van der Waals surface area contributed by atoms with Gasteiger partial charge in [0.1, 0.15) is 0 Å². The topological polar surface area (TPSA) is 48.9 Å². The lowest BCUT2D eigenvalue weighted by Gasteiger charge is -2.32. The third-order valence-corrected chi connectivity index (χ3v) is 5.35. The smallest absolute Gasteiger partial charge is 0.191 e. The number of aliphatic imine (C=N–C) groups is 1. The normalized spacial score (nSPS) is 28.4. The molecule has 3 atom stereocenters. The first kappa shape index (κ1) is 18.5. The molecule has 3 unspecified atom stereocenters. The minimum Gasteiger partial charge on any atom is -0.379 e. The van der Waals surface area contributed by atoms with Gasteiger partial charge in [-0.3, -0.25) is 9.89 Å². The van der Waals surface area contributed by atoms with Crippen molar-refractivity contribution in [1.82, 2.24) is 15.5 Å². The van der Waals surface area contributed by atoms with Gasteiger partial charge < -0.3 is 15.4 Å². The lowest BCUT2D eigenvalue weighted by Crippen LogP contribution is -2.45. The summed E-state index contributed by atoms with van der Waals surface area (Å²) in [6.07, 6.45) is 5.53. The maximum Gasteiger partial charge on any atom is 0.191 e. The summed E-state index contributed by atoms with van der Waals surface area (Å²) < 4.78 is 5.43. The third kappa shape index (κ3) is 6.30. The number of hydrogen-bond acceptors (Lipinski definition) is 3. The minimum absolute atomic E-state index is 0.475. The molecule has 0 spiro atoms. The number of morpholine rings is 1. The van der Waals surface area contributed by atoms with Gasteiger partial charge in [-0.05, 0) is 32.1 Å². The molecule has 1 saturated carbocycles. The van der Waals surface area contributed by atoms with Crippen molar-refractivity contribution in [2.45, 2.75) is 52.5 Å². The van der Waals surface area contributed by atoms with Crippen LogP contribution in [0.1, 0.15) is 46.5 Å². The fourth-order valence-electron chi connectivity index (χ4n) is 3.62. The molecule has 134 valence electrons. The van der Waals surface area contributed by atoms with Gasteiger partial charge in [0.2, 0.25) is 0 Å². The molecule has 0 aromatic carbocycles. The van der Waals surface area contributed by atoms with E-state index in [-0.39, 0.29) is 0 Å². The van der Waals surface area contributed by atoms with Gasteiger partial charge in [0, 0.05) is 32.2 Å². The van der Waals surface area contributed by atoms with Gasteiger partial charge in [0.25, 0.3) is 0 Å². The van der Waals surface area contributed by atoms with E-state index in [1.165, 1.54) is 25.7 Å². The molecule has 5 nitrogen and oxygen atoms in total. The zero-order chi connectivity index (χ0) is 16.5. The van der Waals surface area contributed by atoms with E-state index in [0.29, 0.717) is 6.04 Å². The Bertz CT molecular complexity index is 355. The largest absolute Gasteiger partial charge is 0.379 e. The van der Waals surface area contributed by atoms with Crippen LogP contribution in [0.15, 0.2) is 4.99 Å². The fraction of sp³-hybridized carbons (Fsp3) is 0.944. The predicted molar refractivity (Wildman–Crippen MR) is 97.0 cm³/mol. The van der Waals surface area contributed by atoms with E-state index < -0.39 is 0 Å². The Morgan fingerprint density at radius 1 is 1.22 bits per heavy atom. The van der Waals surface area contributed by atoms with Crippen molar-refractivity contribution in [3.63, 3.8) is 0 Å². The lowest BCUT2D eigenvalue weighted by atomic mass is 9.80. The molecule has 2 N–H and O–H groups in total. The van der Waals surface area contributed by atoms with Crippen LogP contribution in [-0.4, -0.2) is 62.8 Å². The molecule has 5 heteroatoms. The summed E-state index contributed by atoms with van der Waals surface area (Å²) in [6.45, 7) is 13.4. The summed E-state index contributed by atoms with van der Waals surface area (Å²) >= 11 is 0. The average Bonchev–Trinajstić information content (AvgIpc) is 2.59. The number of nitrogens with zero attached hydrogens (tertiary/aromatic N) is 2. The first-order valence-corrected chi connectivity index (χ1v) is 9.54. The van der Waals surface area contributed by atoms with E-state index >= 15 is 0 Å². The van der Waals surface area contributed by atoms with Gasteiger partial charge in [0.05, 0.1) is 19.8 Å². The number of hydrogen-bond donors (Lipinski definition) is 2. The van der Waals surface area contributed by atoms with Crippen LogP contribution >= 0.6 is 0 Å². The molecule has 0 aromatic rings. The van der Waals surface area contributed by atoms with Crippen LogP contribution in [0, 0.1) is 11.8 Å². The highest BCUT2D eigenvalue weighted by molar-refractivity contribution is 5.79. The van der Waals surface area contributed by atoms with Crippen molar-refractivity contribution < 1.29 is 4.74 Å². The highest BCUT2D eigenvalue weighted by atomic mass is 16.5. The van der Waals surface area contributed by atoms with E-state index in [2.05, 4.69) is 36.3 Å². The van der Waals surface area contributed by atoms with Crippen LogP contribution < -0.4 is 10.6 Å². The van der Waals surface area contributed by atoms with Crippen molar-refractivity contribution in [2.24, 2.45) is 16.8 Å². The summed E-state index contributed by atoms with van der Waals surface area (Å²) in [5, 5.41) is 6.97. The Morgan fingerprint density at radius 2 is 1.96 bits per heavy atom. The van der Waals surface area contributed by atoms with Crippen LogP contribution in [0.2, 0.25) is 0 Å². The molecule has 1 heterocycles. The van der Waals surface area contributed by atoms with Crippen LogP contribution in [-0.2, 0) is 4.74 Å². The first-order chi connectivity index (χ1) is 11.2. The standard InChI is InChI=1S/C18H36N4O/c1-4-19-18(21-14-17-8-6-5-7-15(17)2)20-13-16(3)22-9-11-23-12-10-22/h15-17H,4-14H2,1-3H3,(H2,19,20,21). The van der Waals surface area contributed by atoms with E-state index in [4.69, 9.17) is 9.73 Å². The molecule has 0 bridgehead atoms. The van der Waals surface area contributed by atoms with Crippen LogP contribution in [0.3, 0.4) is 0 Å². The molecular weight excluding hydrogens is 288 g/mol. The molecule has 0 radical (unpaired) electrons. The highest BCUT2D eigenvalue weighted by Gasteiger charge is 2.21. The molecule has 0 amide bonds. The summed E-state index contributed by atoms with van der Waals surface area (Å²) in [5.74, 6) is 2.61. The Morgan fingerprint density at radius 3 is 2.65 bits per heavy atom.